The number of nitrogens with zero attached hydrogens (tertiary/aromatic N) is 1. The molecule has 1 aliphatic rings. The molecule has 0 aromatic carbocycles. The van der Waals surface area contributed by atoms with Gasteiger partial charge in [-0.15, -0.1) is 0 Å². The molecule has 0 aromatic heterocycles. The van der Waals surface area contributed by atoms with E-state index in [0.717, 1.165) is 13.0 Å². The highest BCUT2D eigenvalue weighted by atomic mass is 19.4. The number of hydrogen-bond acceptors (Lipinski definition) is 3. The Morgan fingerprint density at radius 1 is 1.41 bits per heavy atom. The van der Waals surface area contributed by atoms with Gasteiger partial charge in [0.15, 0.2) is 0 Å². The average Bonchev–Trinajstić information content (AvgIpc) is 2.60. The first-order valence-corrected chi connectivity index (χ1v) is 5.91. The van der Waals surface area contributed by atoms with E-state index in [0.29, 0.717) is 26.3 Å². The van der Waals surface area contributed by atoms with Crippen LogP contribution in [0, 0.1) is 5.41 Å². The van der Waals surface area contributed by atoms with Crippen LogP contribution >= 0.6 is 0 Å². The zero-order chi connectivity index (χ0) is 12.9. The molecule has 1 unspecified atom stereocenters. The van der Waals surface area contributed by atoms with Crippen molar-refractivity contribution in [2.24, 2.45) is 5.41 Å². The number of alkyl halides is 3. The van der Waals surface area contributed by atoms with Crippen molar-refractivity contribution in [3.8, 4) is 0 Å². The molecule has 6 heteroatoms. The molecule has 1 atom stereocenters. The van der Waals surface area contributed by atoms with Crippen LogP contribution in [0.15, 0.2) is 0 Å². The van der Waals surface area contributed by atoms with E-state index in [1.54, 1.807) is 0 Å². The third-order valence-corrected chi connectivity index (χ3v) is 2.99. The van der Waals surface area contributed by atoms with Crippen molar-refractivity contribution in [2.75, 3.05) is 46.4 Å². The highest BCUT2D eigenvalue weighted by Gasteiger charge is 2.38. The van der Waals surface area contributed by atoms with Crippen molar-refractivity contribution >= 4 is 0 Å². The lowest BCUT2D eigenvalue weighted by molar-refractivity contribution is -0.145. The summed E-state index contributed by atoms with van der Waals surface area (Å²) in [7, 11) is 1.51. The van der Waals surface area contributed by atoms with E-state index in [1.807, 2.05) is 6.92 Å². The quantitative estimate of drug-likeness (QED) is 0.777. The van der Waals surface area contributed by atoms with Gasteiger partial charge in [-0.1, -0.05) is 6.92 Å². The summed E-state index contributed by atoms with van der Waals surface area (Å²) in [4.78, 5) is 1.34. The Kier molecular flexibility index (Phi) is 5.22. The molecule has 0 radical (unpaired) electrons. The predicted octanol–water partition coefficient (Wildman–Crippen LogP) is 1.50. The molecule has 0 amide bonds. The number of nitrogens with one attached hydrogen (secondary N) is 1. The summed E-state index contributed by atoms with van der Waals surface area (Å²) in [6.07, 6.45) is -3.31. The van der Waals surface area contributed by atoms with Gasteiger partial charge in [-0.25, -0.2) is 0 Å². The molecular weight excluding hydrogens is 233 g/mol. The zero-order valence-corrected chi connectivity index (χ0v) is 10.4. The minimum Gasteiger partial charge on any atom is -0.381 e. The van der Waals surface area contributed by atoms with Crippen molar-refractivity contribution in [3.05, 3.63) is 0 Å². The molecule has 0 aromatic rings. The number of rotatable bonds is 6. The Morgan fingerprint density at radius 3 is 2.59 bits per heavy atom. The maximum absolute atomic E-state index is 12.3. The average molecular weight is 254 g/mol. The largest absolute Gasteiger partial charge is 0.401 e. The molecule has 3 nitrogen and oxygen atoms in total. The minimum absolute atomic E-state index is 0.171. The van der Waals surface area contributed by atoms with Crippen LogP contribution in [0.4, 0.5) is 13.2 Å². The van der Waals surface area contributed by atoms with Crippen LogP contribution in [-0.4, -0.2) is 57.5 Å². The van der Waals surface area contributed by atoms with Crippen molar-refractivity contribution in [3.63, 3.8) is 0 Å². The van der Waals surface area contributed by atoms with E-state index >= 15 is 0 Å². The third-order valence-electron chi connectivity index (χ3n) is 2.99. The first kappa shape index (κ1) is 14.7. The van der Waals surface area contributed by atoms with Crippen LogP contribution in [0.25, 0.3) is 0 Å². The smallest absolute Gasteiger partial charge is 0.381 e. The molecular formula is C11H21F3N2O. The molecule has 1 fully saturated rings. The van der Waals surface area contributed by atoms with Crippen molar-refractivity contribution < 1.29 is 17.9 Å². The lowest BCUT2D eigenvalue weighted by atomic mass is 9.86. The lowest BCUT2D eigenvalue weighted by Gasteiger charge is -2.32. The van der Waals surface area contributed by atoms with E-state index in [9.17, 15) is 13.2 Å². The molecule has 1 N–H and O–H groups in total. The standard InChI is InChI=1S/C11H21F3N2O/c1-3-15-6-10(4-5-17-9-10)7-16(2)8-11(12,13)14/h15H,3-9H2,1-2H3. The highest BCUT2D eigenvalue weighted by Crippen LogP contribution is 2.29. The van der Waals surface area contributed by atoms with E-state index in [4.69, 9.17) is 4.74 Å². The van der Waals surface area contributed by atoms with Gasteiger partial charge in [-0.05, 0) is 20.0 Å². The topological polar surface area (TPSA) is 24.5 Å². The molecule has 0 bridgehead atoms. The summed E-state index contributed by atoms with van der Waals surface area (Å²) < 4.78 is 42.1. The first-order chi connectivity index (χ1) is 7.87. The highest BCUT2D eigenvalue weighted by molar-refractivity contribution is 4.88. The van der Waals surface area contributed by atoms with Gasteiger partial charge in [0.25, 0.3) is 0 Å². The van der Waals surface area contributed by atoms with E-state index in [-0.39, 0.29) is 5.41 Å². The fraction of sp³-hybridized carbons (Fsp3) is 1.00. The Morgan fingerprint density at radius 2 is 2.12 bits per heavy atom. The monoisotopic (exact) mass is 254 g/mol. The molecule has 1 aliphatic heterocycles. The van der Waals surface area contributed by atoms with E-state index in [2.05, 4.69) is 5.32 Å². The van der Waals surface area contributed by atoms with Crippen molar-refractivity contribution in [1.29, 1.82) is 0 Å². The molecule has 0 spiro atoms. The predicted molar refractivity (Wildman–Crippen MR) is 60.0 cm³/mol. The van der Waals surface area contributed by atoms with Gasteiger partial charge < -0.3 is 10.1 Å². The molecule has 0 saturated carbocycles. The van der Waals surface area contributed by atoms with Crippen LogP contribution < -0.4 is 5.32 Å². The third kappa shape index (κ3) is 5.23. The first-order valence-electron chi connectivity index (χ1n) is 5.91. The van der Waals surface area contributed by atoms with Crippen molar-refractivity contribution in [2.45, 2.75) is 19.5 Å². The molecule has 102 valence electrons. The van der Waals surface area contributed by atoms with Gasteiger partial charge in [0.1, 0.15) is 0 Å². The summed E-state index contributed by atoms with van der Waals surface area (Å²) in [5.74, 6) is 0. The second-order valence-corrected chi connectivity index (χ2v) is 4.87. The fourth-order valence-electron chi connectivity index (χ4n) is 2.29. The second kappa shape index (κ2) is 6.02. The SMILES string of the molecule is CCNCC1(CN(C)CC(F)(F)F)CCOC1. The Bertz CT molecular complexity index is 227. The number of halogens is 3. The normalized spacial score (nSPS) is 25.8. The summed E-state index contributed by atoms with van der Waals surface area (Å²) in [6, 6.07) is 0. The number of ether oxygens (including phenoxy) is 1. The second-order valence-electron chi connectivity index (χ2n) is 4.87. The minimum atomic E-state index is -4.13. The van der Waals surface area contributed by atoms with Gasteiger partial charge in [0.2, 0.25) is 0 Å². The van der Waals surface area contributed by atoms with Gasteiger partial charge in [0, 0.05) is 25.1 Å². The van der Waals surface area contributed by atoms with Crippen LogP contribution in [0.3, 0.4) is 0 Å². The van der Waals surface area contributed by atoms with Gasteiger partial charge in [-0.3, -0.25) is 4.90 Å². The van der Waals surface area contributed by atoms with Crippen LogP contribution in [-0.2, 0) is 4.74 Å². The van der Waals surface area contributed by atoms with Crippen LogP contribution in [0.1, 0.15) is 13.3 Å². The Hall–Kier alpha value is -0.330. The summed E-state index contributed by atoms with van der Waals surface area (Å²) in [6.45, 7) is 4.27. The van der Waals surface area contributed by atoms with Crippen molar-refractivity contribution in [1.82, 2.24) is 10.2 Å². The number of hydrogen-bond donors (Lipinski definition) is 1. The molecule has 17 heavy (non-hydrogen) atoms. The fourth-order valence-corrected chi connectivity index (χ4v) is 2.29. The Labute approximate surface area is 100 Å². The summed E-state index contributed by atoms with van der Waals surface area (Å²) in [5.41, 5.74) is -0.171. The lowest BCUT2D eigenvalue weighted by Crippen LogP contribution is -2.45. The van der Waals surface area contributed by atoms with Gasteiger partial charge in [-0.2, -0.15) is 13.2 Å². The zero-order valence-electron chi connectivity index (χ0n) is 10.4. The summed E-state index contributed by atoms with van der Waals surface area (Å²) >= 11 is 0. The molecule has 1 rings (SSSR count). The molecule has 0 aliphatic carbocycles. The van der Waals surface area contributed by atoms with Gasteiger partial charge >= 0.3 is 6.18 Å². The van der Waals surface area contributed by atoms with Crippen LogP contribution in [0.5, 0.6) is 0 Å². The van der Waals surface area contributed by atoms with E-state index in [1.165, 1.54) is 11.9 Å². The molecule has 1 saturated heterocycles. The maximum Gasteiger partial charge on any atom is 0.401 e. The summed E-state index contributed by atoms with van der Waals surface area (Å²) in [5, 5.41) is 3.21. The van der Waals surface area contributed by atoms with E-state index < -0.39 is 12.7 Å². The molecule has 1 heterocycles. The maximum atomic E-state index is 12.3. The van der Waals surface area contributed by atoms with Crippen LogP contribution in [0.2, 0.25) is 0 Å². The Balaban J connectivity index is 2.48. The van der Waals surface area contributed by atoms with Gasteiger partial charge in [0.05, 0.1) is 13.2 Å².